The predicted molar refractivity (Wildman–Crippen MR) is 77.4 cm³/mol. The predicted octanol–water partition coefficient (Wildman–Crippen LogP) is 0.353. The normalized spacial score (nSPS) is 13.0. The van der Waals surface area contributed by atoms with E-state index in [9.17, 15) is 13.2 Å². The monoisotopic (exact) mass is 303 g/mol. The summed E-state index contributed by atoms with van der Waals surface area (Å²) in [4.78, 5) is 11.7. The van der Waals surface area contributed by atoms with Gasteiger partial charge in [0.1, 0.15) is 0 Å². The highest BCUT2D eigenvalue weighted by Gasteiger charge is 2.14. The Morgan fingerprint density at radius 1 is 1.47 bits per heavy atom. The molecule has 0 radical (unpaired) electrons. The third kappa shape index (κ3) is 5.19. The Balaban J connectivity index is 2.75. The van der Waals surface area contributed by atoms with E-state index in [1.165, 1.54) is 18.2 Å². The second-order valence-corrected chi connectivity index (χ2v) is 6.50. The highest BCUT2D eigenvalue weighted by atomic mass is 32.2. The van der Waals surface area contributed by atoms with Crippen molar-refractivity contribution in [2.45, 2.75) is 17.4 Å². The van der Waals surface area contributed by atoms with Crippen LogP contribution in [0.25, 0.3) is 0 Å². The van der Waals surface area contributed by atoms with Gasteiger partial charge in [0, 0.05) is 5.69 Å². The lowest BCUT2D eigenvalue weighted by atomic mass is 10.2. The van der Waals surface area contributed by atoms with Crippen LogP contribution in [0.5, 0.6) is 0 Å². The summed E-state index contributed by atoms with van der Waals surface area (Å²) in [6.07, 6.45) is 2.49. The highest BCUT2D eigenvalue weighted by molar-refractivity contribution is 7.98. The molecule has 0 spiro atoms. The van der Waals surface area contributed by atoms with Crippen molar-refractivity contribution in [3.8, 4) is 0 Å². The first-order valence-corrected chi connectivity index (χ1v) is 8.47. The maximum atomic E-state index is 11.8. The summed E-state index contributed by atoms with van der Waals surface area (Å²) >= 11 is 1.60. The van der Waals surface area contributed by atoms with Gasteiger partial charge in [-0.3, -0.25) is 4.79 Å². The Kier molecular flexibility index (Phi) is 5.80. The molecule has 0 bridgehead atoms. The first-order chi connectivity index (χ1) is 8.84. The molecule has 0 aliphatic heterocycles. The zero-order chi connectivity index (χ0) is 14.5. The molecule has 0 aliphatic carbocycles. The second-order valence-electron chi connectivity index (χ2n) is 3.95. The Morgan fingerprint density at radius 2 is 2.16 bits per heavy atom. The molecular weight excluding hydrogens is 286 g/mol. The summed E-state index contributed by atoms with van der Waals surface area (Å²) in [5.74, 6) is 0.437. The van der Waals surface area contributed by atoms with Gasteiger partial charge in [-0.15, -0.1) is 0 Å². The quantitative estimate of drug-likeness (QED) is 0.701. The van der Waals surface area contributed by atoms with E-state index in [-0.39, 0.29) is 10.8 Å². The van der Waals surface area contributed by atoms with Gasteiger partial charge in [0.2, 0.25) is 15.9 Å². The Morgan fingerprint density at radius 3 is 2.74 bits per heavy atom. The summed E-state index contributed by atoms with van der Waals surface area (Å²) in [7, 11) is -3.78. The van der Waals surface area contributed by atoms with Gasteiger partial charge >= 0.3 is 0 Å². The molecule has 0 saturated carbocycles. The number of rotatable bonds is 6. The molecule has 1 amide bonds. The van der Waals surface area contributed by atoms with Crippen molar-refractivity contribution in [2.75, 3.05) is 17.3 Å². The summed E-state index contributed by atoms with van der Waals surface area (Å²) in [6, 6.07) is 5.12. The maximum Gasteiger partial charge on any atom is 0.241 e. The SMILES string of the molecule is CSCC[C@H](N)C(=O)Nc1cccc(S(N)(=O)=O)c1. The molecule has 1 rings (SSSR count). The molecule has 0 heterocycles. The van der Waals surface area contributed by atoms with E-state index < -0.39 is 16.1 Å². The van der Waals surface area contributed by atoms with Crippen molar-refractivity contribution in [3.63, 3.8) is 0 Å². The van der Waals surface area contributed by atoms with Gasteiger partial charge in [-0.1, -0.05) is 6.07 Å². The number of carbonyl (C=O) groups is 1. The third-order valence-electron chi connectivity index (χ3n) is 2.40. The van der Waals surface area contributed by atoms with Crippen LogP contribution in [0.3, 0.4) is 0 Å². The third-order valence-corrected chi connectivity index (χ3v) is 3.95. The van der Waals surface area contributed by atoms with E-state index in [1.807, 2.05) is 6.26 Å². The Bertz CT molecular complexity index is 546. The molecule has 5 N–H and O–H groups in total. The zero-order valence-electron chi connectivity index (χ0n) is 10.5. The van der Waals surface area contributed by atoms with Crippen LogP contribution in [-0.4, -0.2) is 32.4 Å². The van der Waals surface area contributed by atoms with Crippen LogP contribution in [0, 0.1) is 0 Å². The number of hydrogen-bond acceptors (Lipinski definition) is 5. The van der Waals surface area contributed by atoms with Crippen LogP contribution < -0.4 is 16.2 Å². The van der Waals surface area contributed by atoms with Crippen LogP contribution in [0.1, 0.15) is 6.42 Å². The summed E-state index contributed by atoms with van der Waals surface area (Å²) in [6.45, 7) is 0. The fourth-order valence-electron chi connectivity index (χ4n) is 1.36. The highest BCUT2D eigenvalue weighted by Crippen LogP contribution is 2.14. The van der Waals surface area contributed by atoms with Gasteiger partial charge < -0.3 is 11.1 Å². The minimum absolute atomic E-state index is 0.0528. The lowest BCUT2D eigenvalue weighted by Gasteiger charge is -2.12. The number of amides is 1. The molecule has 106 valence electrons. The van der Waals surface area contributed by atoms with Gasteiger partial charge in [0.25, 0.3) is 0 Å². The number of sulfonamides is 1. The van der Waals surface area contributed by atoms with Gasteiger partial charge in [-0.05, 0) is 36.6 Å². The van der Waals surface area contributed by atoms with Crippen molar-refractivity contribution < 1.29 is 13.2 Å². The van der Waals surface area contributed by atoms with Crippen LogP contribution in [-0.2, 0) is 14.8 Å². The first-order valence-electron chi connectivity index (χ1n) is 5.53. The number of hydrogen-bond donors (Lipinski definition) is 3. The molecule has 19 heavy (non-hydrogen) atoms. The molecular formula is C11H17N3O3S2. The smallest absolute Gasteiger partial charge is 0.241 e. The first kappa shape index (κ1) is 16.0. The van der Waals surface area contributed by atoms with Crippen LogP contribution in [0.15, 0.2) is 29.2 Å². The van der Waals surface area contributed by atoms with E-state index >= 15 is 0 Å². The van der Waals surface area contributed by atoms with Gasteiger partial charge in [0.15, 0.2) is 0 Å². The van der Waals surface area contributed by atoms with E-state index in [0.717, 1.165) is 5.75 Å². The Labute approximate surface area is 117 Å². The van der Waals surface area contributed by atoms with Gasteiger partial charge in [0.05, 0.1) is 10.9 Å². The summed E-state index contributed by atoms with van der Waals surface area (Å²) in [5, 5.41) is 7.58. The second kappa shape index (κ2) is 6.90. The van der Waals surface area contributed by atoms with Crippen molar-refractivity contribution in [1.29, 1.82) is 0 Å². The largest absolute Gasteiger partial charge is 0.325 e. The van der Waals surface area contributed by atoms with Crippen molar-refractivity contribution in [1.82, 2.24) is 0 Å². The van der Waals surface area contributed by atoms with E-state index in [1.54, 1.807) is 17.8 Å². The number of nitrogens with two attached hydrogens (primary N) is 2. The number of nitrogens with one attached hydrogen (secondary N) is 1. The van der Waals surface area contributed by atoms with Crippen LogP contribution in [0.4, 0.5) is 5.69 Å². The fraction of sp³-hybridized carbons (Fsp3) is 0.364. The lowest BCUT2D eigenvalue weighted by molar-refractivity contribution is -0.117. The summed E-state index contributed by atoms with van der Waals surface area (Å²) < 4.78 is 22.4. The number of benzene rings is 1. The number of anilines is 1. The molecule has 8 heteroatoms. The van der Waals surface area contributed by atoms with Crippen molar-refractivity contribution >= 4 is 33.4 Å². The van der Waals surface area contributed by atoms with Crippen LogP contribution in [0.2, 0.25) is 0 Å². The average Bonchev–Trinajstić information content (AvgIpc) is 2.35. The standard InChI is InChI=1S/C11H17N3O3S2/c1-18-6-5-10(12)11(15)14-8-3-2-4-9(7-8)19(13,16)17/h2-4,7,10H,5-6,12H2,1H3,(H,14,15)(H2,13,16,17)/t10-/m0/s1. The lowest BCUT2D eigenvalue weighted by Crippen LogP contribution is -2.36. The van der Waals surface area contributed by atoms with Gasteiger partial charge in [-0.25, -0.2) is 13.6 Å². The van der Waals surface area contributed by atoms with Crippen molar-refractivity contribution in [3.05, 3.63) is 24.3 Å². The maximum absolute atomic E-state index is 11.8. The molecule has 1 aromatic rings. The summed E-state index contributed by atoms with van der Waals surface area (Å²) in [5.41, 5.74) is 6.06. The molecule has 0 aromatic heterocycles. The zero-order valence-corrected chi connectivity index (χ0v) is 12.1. The molecule has 0 aliphatic rings. The number of thioether (sulfide) groups is 1. The molecule has 1 atom stereocenters. The van der Waals surface area contributed by atoms with E-state index in [2.05, 4.69) is 5.32 Å². The minimum atomic E-state index is -3.78. The molecule has 0 saturated heterocycles. The molecule has 0 fully saturated rings. The molecule has 0 unspecified atom stereocenters. The van der Waals surface area contributed by atoms with Gasteiger partial charge in [-0.2, -0.15) is 11.8 Å². The van der Waals surface area contributed by atoms with Crippen LogP contribution >= 0.6 is 11.8 Å². The molecule has 1 aromatic carbocycles. The van der Waals surface area contributed by atoms with Crippen molar-refractivity contribution in [2.24, 2.45) is 10.9 Å². The number of carbonyl (C=O) groups excluding carboxylic acids is 1. The minimum Gasteiger partial charge on any atom is -0.325 e. The average molecular weight is 303 g/mol. The number of primary sulfonamides is 1. The van der Waals surface area contributed by atoms with E-state index in [0.29, 0.717) is 12.1 Å². The van der Waals surface area contributed by atoms with E-state index in [4.69, 9.17) is 10.9 Å². The topological polar surface area (TPSA) is 115 Å². The fourth-order valence-corrected chi connectivity index (χ4v) is 2.41. The molecule has 6 nitrogen and oxygen atoms in total. The Hall–Kier alpha value is -1.09.